The largest absolute Gasteiger partial charge is 0.396 e. The fourth-order valence-electron chi connectivity index (χ4n) is 1.49. The number of nitrogens with two attached hydrogens (primary N) is 1. The highest BCUT2D eigenvalue weighted by Gasteiger charge is 2.18. The summed E-state index contributed by atoms with van der Waals surface area (Å²) in [5.74, 6) is -1.08. The number of benzene rings is 1. The van der Waals surface area contributed by atoms with Gasteiger partial charge in [0.15, 0.2) is 0 Å². The van der Waals surface area contributed by atoms with Crippen LogP contribution >= 0.6 is 0 Å². The van der Waals surface area contributed by atoms with Crippen molar-refractivity contribution in [2.24, 2.45) is 0 Å². The molecule has 0 fully saturated rings. The first-order valence-corrected chi connectivity index (χ1v) is 5.91. The number of carbonyl (C=O) groups is 2. The second-order valence-corrected chi connectivity index (χ2v) is 4.34. The first kappa shape index (κ1) is 14.9. The topological polar surface area (TPSA) is 66.6 Å². The van der Waals surface area contributed by atoms with Gasteiger partial charge in [0.1, 0.15) is 5.82 Å². The molecule has 0 atom stereocenters. The Morgan fingerprint density at radius 3 is 2.42 bits per heavy atom. The van der Waals surface area contributed by atoms with Crippen molar-refractivity contribution in [3.63, 3.8) is 0 Å². The van der Waals surface area contributed by atoms with Gasteiger partial charge in [0.05, 0.1) is 12.2 Å². The van der Waals surface area contributed by atoms with Crippen LogP contribution in [0.3, 0.4) is 0 Å². The quantitative estimate of drug-likeness (QED) is 0.826. The van der Waals surface area contributed by atoms with E-state index in [0.717, 1.165) is 6.07 Å². The summed E-state index contributed by atoms with van der Waals surface area (Å²) >= 11 is 0. The summed E-state index contributed by atoms with van der Waals surface area (Å²) in [6, 6.07) is 3.78. The Morgan fingerprint density at radius 1 is 1.32 bits per heavy atom. The Morgan fingerprint density at radius 2 is 1.95 bits per heavy atom. The van der Waals surface area contributed by atoms with Gasteiger partial charge >= 0.3 is 0 Å². The highest BCUT2D eigenvalue weighted by atomic mass is 19.1. The third-order valence-electron chi connectivity index (χ3n) is 2.74. The Bertz CT molecular complexity index is 489. The normalized spacial score (nSPS) is 10.1. The molecule has 5 nitrogen and oxygen atoms in total. The van der Waals surface area contributed by atoms with E-state index in [0.29, 0.717) is 6.54 Å². The van der Waals surface area contributed by atoms with E-state index in [2.05, 4.69) is 0 Å². The number of hydrogen-bond donors (Lipinski definition) is 1. The Labute approximate surface area is 111 Å². The lowest BCUT2D eigenvalue weighted by Gasteiger charge is -2.22. The summed E-state index contributed by atoms with van der Waals surface area (Å²) in [6.45, 7) is 2.14. The Hall–Kier alpha value is -2.11. The number of carbonyl (C=O) groups excluding carboxylic acids is 2. The number of nitrogen functional groups attached to an aromatic ring is 1. The first-order chi connectivity index (χ1) is 8.86. The lowest BCUT2D eigenvalue weighted by Crippen LogP contribution is -2.40. The number of amides is 2. The standard InChI is InChI=1S/C13H18FN3O2/c1-4-17(8-12(18)16(2)3)13(19)9-5-6-10(14)11(15)7-9/h5-7H,4,8,15H2,1-3H3. The maximum atomic E-state index is 13.1. The fraction of sp³-hybridized carbons (Fsp3) is 0.385. The van der Waals surface area contributed by atoms with Crippen molar-refractivity contribution in [3.8, 4) is 0 Å². The van der Waals surface area contributed by atoms with E-state index >= 15 is 0 Å². The molecule has 1 aromatic carbocycles. The van der Waals surface area contributed by atoms with Crippen molar-refractivity contribution in [2.75, 3.05) is 32.9 Å². The average molecular weight is 267 g/mol. The van der Waals surface area contributed by atoms with Gasteiger partial charge in [-0.2, -0.15) is 0 Å². The molecule has 104 valence electrons. The number of halogens is 1. The lowest BCUT2D eigenvalue weighted by molar-refractivity contribution is -0.129. The lowest BCUT2D eigenvalue weighted by atomic mass is 10.1. The van der Waals surface area contributed by atoms with Crippen molar-refractivity contribution in [1.82, 2.24) is 9.80 Å². The maximum absolute atomic E-state index is 13.1. The van der Waals surface area contributed by atoms with Crippen LogP contribution in [0.25, 0.3) is 0 Å². The third kappa shape index (κ3) is 3.67. The zero-order valence-corrected chi connectivity index (χ0v) is 11.3. The molecule has 6 heteroatoms. The number of nitrogens with zero attached hydrogens (tertiary/aromatic N) is 2. The minimum Gasteiger partial charge on any atom is -0.396 e. The fourth-order valence-corrected chi connectivity index (χ4v) is 1.49. The van der Waals surface area contributed by atoms with E-state index in [9.17, 15) is 14.0 Å². The van der Waals surface area contributed by atoms with E-state index in [1.807, 2.05) is 0 Å². The van der Waals surface area contributed by atoms with Crippen LogP contribution in [0.4, 0.5) is 10.1 Å². The van der Waals surface area contributed by atoms with Gasteiger partial charge in [-0.05, 0) is 25.1 Å². The smallest absolute Gasteiger partial charge is 0.254 e. The summed E-state index contributed by atoms with van der Waals surface area (Å²) < 4.78 is 13.1. The molecular weight excluding hydrogens is 249 g/mol. The zero-order valence-electron chi connectivity index (χ0n) is 11.3. The molecule has 0 saturated carbocycles. The monoisotopic (exact) mass is 267 g/mol. The summed E-state index contributed by atoms with van der Waals surface area (Å²) in [6.07, 6.45) is 0. The Balaban J connectivity index is 2.89. The maximum Gasteiger partial charge on any atom is 0.254 e. The van der Waals surface area contributed by atoms with E-state index in [1.165, 1.54) is 21.9 Å². The third-order valence-corrected chi connectivity index (χ3v) is 2.74. The van der Waals surface area contributed by atoms with Crippen molar-refractivity contribution >= 4 is 17.5 Å². The molecule has 0 saturated heterocycles. The minimum absolute atomic E-state index is 0.0143. The van der Waals surface area contributed by atoms with Crippen LogP contribution in [-0.2, 0) is 4.79 Å². The molecule has 1 rings (SSSR count). The van der Waals surface area contributed by atoms with Gasteiger partial charge in [0, 0.05) is 26.2 Å². The van der Waals surface area contributed by atoms with Gasteiger partial charge in [-0.15, -0.1) is 0 Å². The van der Waals surface area contributed by atoms with Crippen LogP contribution < -0.4 is 5.73 Å². The number of anilines is 1. The number of hydrogen-bond acceptors (Lipinski definition) is 3. The summed E-state index contributed by atoms with van der Waals surface area (Å²) in [7, 11) is 3.24. The molecule has 0 spiro atoms. The number of likely N-dealkylation sites (N-methyl/N-ethyl adjacent to an activating group) is 2. The SMILES string of the molecule is CCN(CC(=O)N(C)C)C(=O)c1ccc(F)c(N)c1. The van der Waals surface area contributed by atoms with Crippen LogP contribution in [-0.4, -0.2) is 48.8 Å². The summed E-state index contributed by atoms with van der Waals surface area (Å²) in [5, 5.41) is 0. The molecule has 0 heterocycles. The van der Waals surface area contributed by atoms with Gasteiger partial charge in [0.2, 0.25) is 5.91 Å². The van der Waals surface area contributed by atoms with E-state index in [1.54, 1.807) is 21.0 Å². The second-order valence-electron chi connectivity index (χ2n) is 4.34. The van der Waals surface area contributed by atoms with Gasteiger partial charge in [0.25, 0.3) is 5.91 Å². The van der Waals surface area contributed by atoms with Crippen LogP contribution in [0.5, 0.6) is 0 Å². The first-order valence-electron chi connectivity index (χ1n) is 5.91. The predicted molar refractivity (Wildman–Crippen MR) is 71.1 cm³/mol. The molecule has 0 unspecified atom stereocenters. The van der Waals surface area contributed by atoms with E-state index < -0.39 is 5.82 Å². The molecule has 0 aromatic heterocycles. The number of rotatable bonds is 4. The average Bonchev–Trinajstić information content (AvgIpc) is 2.37. The Kier molecular flexibility index (Phi) is 4.86. The van der Waals surface area contributed by atoms with Crippen molar-refractivity contribution in [1.29, 1.82) is 0 Å². The van der Waals surface area contributed by atoms with Gasteiger partial charge in [-0.3, -0.25) is 9.59 Å². The van der Waals surface area contributed by atoms with Gasteiger partial charge in [-0.1, -0.05) is 0 Å². The second kappa shape index (κ2) is 6.17. The molecule has 19 heavy (non-hydrogen) atoms. The molecule has 0 radical (unpaired) electrons. The van der Waals surface area contributed by atoms with Crippen LogP contribution in [0.15, 0.2) is 18.2 Å². The molecule has 0 aliphatic heterocycles. The highest BCUT2D eigenvalue weighted by molar-refractivity contribution is 5.97. The highest BCUT2D eigenvalue weighted by Crippen LogP contribution is 2.14. The molecule has 0 bridgehead atoms. The van der Waals surface area contributed by atoms with Crippen molar-refractivity contribution in [2.45, 2.75) is 6.92 Å². The van der Waals surface area contributed by atoms with Crippen LogP contribution in [0.1, 0.15) is 17.3 Å². The predicted octanol–water partition coefficient (Wildman–Crippen LogP) is 0.958. The van der Waals surface area contributed by atoms with Crippen LogP contribution in [0.2, 0.25) is 0 Å². The minimum atomic E-state index is -0.566. The van der Waals surface area contributed by atoms with Gasteiger partial charge in [-0.25, -0.2) is 4.39 Å². The summed E-state index contributed by atoms with van der Waals surface area (Å²) in [4.78, 5) is 26.6. The van der Waals surface area contributed by atoms with Crippen molar-refractivity contribution in [3.05, 3.63) is 29.6 Å². The van der Waals surface area contributed by atoms with Gasteiger partial charge < -0.3 is 15.5 Å². The van der Waals surface area contributed by atoms with E-state index in [-0.39, 0.29) is 29.6 Å². The molecule has 0 aliphatic rings. The molecular formula is C13H18FN3O2. The molecule has 1 aromatic rings. The molecule has 0 aliphatic carbocycles. The van der Waals surface area contributed by atoms with E-state index in [4.69, 9.17) is 5.73 Å². The zero-order chi connectivity index (χ0) is 14.6. The molecule has 2 amide bonds. The molecule has 2 N–H and O–H groups in total. The summed E-state index contributed by atoms with van der Waals surface area (Å²) in [5.41, 5.74) is 5.62. The van der Waals surface area contributed by atoms with Crippen molar-refractivity contribution < 1.29 is 14.0 Å². The van der Waals surface area contributed by atoms with Crippen LogP contribution in [0, 0.1) is 5.82 Å².